The summed E-state index contributed by atoms with van der Waals surface area (Å²) in [6, 6.07) is 19.2. The van der Waals surface area contributed by atoms with E-state index in [4.69, 9.17) is 9.47 Å². The smallest absolute Gasteiger partial charge is 0.176 e. The van der Waals surface area contributed by atoms with E-state index in [-0.39, 0.29) is 0 Å². The third-order valence-corrected chi connectivity index (χ3v) is 4.84. The lowest BCUT2D eigenvalue weighted by Crippen LogP contribution is -2.33. The molecule has 0 saturated carbocycles. The Morgan fingerprint density at radius 2 is 1.28 bits per heavy atom. The highest BCUT2D eigenvalue weighted by atomic mass is 79.9. The van der Waals surface area contributed by atoms with Crippen molar-refractivity contribution in [3.8, 4) is 5.75 Å². The van der Waals surface area contributed by atoms with Crippen LogP contribution in [0.5, 0.6) is 5.75 Å². The maximum atomic E-state index is 6.07. The van der Waals surface area contributed by atoms with Crippen molar-refractivity contribution in [1.82, 2.24) is 9.97 Å². The van der Waals surface area contributed by atoms with Gasteiger partial charge in [-0.15, -0.1) is 0 Å². The Bertz CT molecular complexity index is 824. The second kappa shape index (κ2) is 7.64. The topological polar surface area (TPSA) is 44.2 Å². The minimum atomic E-state index is -0.945. The Hall–Kier alpha value is -1.76. The maximum Gasteiger partial charge on any atom is 0.176 e. The Labute approximate surface area is 163 Å². The molecule has 0 amide bonds. The Balaban J connectivity index is 2.29. The molecule has 0 unspecified atom stereocenters. The van der Waals surface area contributed by atoms with Gasteiger partial charge in [-0.25, -0.2) is 9.97 Å². The van der Waals surface area contributed by atoms with Crippen molar-refractivity contribution in [2.45, 2.75) is 5.60 Å². The average molecular weight is 464 g/mol. The van der Waals surface area contributed by atoms with Crippen molar-refractivity contribution in [2.75, 3.05) is 14.2 Å². The van der Waals surface area contributed by atoms with Crippen molar-refractivity contribution < 1.29 is 9.47 Å². The predicted octanol–water partition coefficient (Wildman–Crippen LogP) is 4.95. The van der Waals surface area contributed by atoms with E-state index in [0.717, 1.165) is 31.9 Å². The Kier molecular flexibility index (Phi) is 5.51. The van der Waals surface area contributed by atoms with E-state index in [1.54, 1.807) is 14.2 Å². The van der Waals surface area contributed by atoms with Crippen molar-refractivity contribution in [3.63, 3.8) is 0 Å². The van der Waals surface area contributed by atoms with Crippen LogP contribution in [-0.4, -0.2) is 24.2 Å². The van der Waals surface area contributed by atoms with Gasteiger partial charge in [0, 0.05) is 7.11 Å². The number of ether oxygens (including phenoxy) is 2. The molecule has 128 valence electrons. The fourth-order valence-corrected chi connectivity index (χ4v) is 3.48. The molecule has 0 radical (unpaired) electrons. The number of methoxy groups -OCH3 is 2. The second-order valence-electron chi connectivity index (χ2n) is 5.30. The van der Waals surface area contributed by atoms with Gasteiger partial charge in [0.15, 0.2) is 5.60 Å². The van der Waals surface area contributed by atoms with Crippen LogP contribution in [0.4, 0.5) is 0 Å². The van der Waals surface area contributed by atoms with E-state index in [1.165, 1.54) is 0 Å². The van der Waals surface area contributed by atoms with Crippen LogP contribution in [0.15, 0.2) is 69.9 Å². The van der Waals surface area contributed by atoms with E-state index in [2.05, 4.69) is 41.8 Å². The van der Waals surface area contributed by atoms with Gasteiger partial charge in [0.25, 0.3) is 0 Å². The van der Waals surface area contributed by atoms with Crippen LogP contribution < -0.4 is 4.74 Å². The number of hydrogen-bond donors (Lipinski definition) is 0. The van der Waals surface area contributed by atoms with E-state index >= 15 is 0 Å². The fraction of sp³-hybridized carbons (Fsp3) is 0.158. The predicted molar refractivity (Wildman–Crippen MR) is 104 cm³/mol. The summed E-state index contributed by atoms with van der Waals surface area (Å²) in [6.45, 7) is 0. The standard InChI is InChI=1S/C19H16Br2N2O2/c1-24-14-11-9-13(10-12-14)19(25-2,15-5-3-7-17(20)22-15)16-6-4-8-18(21)23-16/h3-12H,1-2H3. The summed E-state index contributed by atoms with van der Waals surface area (Å²) in [5.74, 6) is 0.776. The maximum absolute atomic E-state index is 6.07. The zero-order valence-corrected chi connectivity index (χ0v) is 16.9. The van der Waals surface area contributed by atoms with Gasteiger partial charge in [0.1, 0.15) is 15.0 Å². The van der Waals surface area contributed by atoms with Crippen LogP contribution in [0.1, 0.15) is 17.0 Å². The molecule has 0 bridgehead atoms. The number of halogens is 2. The highest BCUT2D eigenvalue weighted by Crippen LogP contribution is 2.39. The minimum absolute atomic E-state index is 0.731. The largest absolute Gasteiger partial charge is 0.497 e. The molecule has 0 spiro atoms. The highest BCUT2D eigenvalue weighted by Gasteiger charge is 2.39. The number of rotatable bonds is 5. The van der Waals surface area contributed by atoms with Crippen LogP contribution in [-0.2, 0) is 10.3 Å². The molecule has 0 aliphatic carbocycles. The first kappa shape index (κ1) is 18.0. The van der Waals surface area contributed by atoms with Gasteiger partial charge in [-0.3, -0.25) is 0 Å². The number of nitrogens with zero attached hydrogens (tertiary/aromatic N) is 2. The van der Waals surface area contributed by atoms with Crippen LogP contribution in [0.3, 0.4) is 0 Å². The first-order valence-electron chi connectivity index (χ1n) is 7.56. The Morgan fingerprint density at radius 3 is 1.68 bits per heavy atom. The first-order chi connectivity index (χ1) is 12.1. The summed E-state index contributed by atoms with van der Waals surface area (Å²) in [6.07, 6.45) is 0. The summed E-state index contributed by atoms with van der Waals surface area (Å²) < 4.78 is 12.8. The van der Waals surface area contributed by atoms with Gasteiger partial charge in [0.05, 0.1) is 18.5 Å². The lowest BCUT2D eigenvalue weighted by Gasteiger charge is -2.32. The number of hydrogen-bond acceptors (Lipinski definition) is 4. The highest BCUT2D eigenvalue weighted by molar-refractivity contribution is 9.10. The molecule has 2 heterocycles. The van der Waals surface area contributed by atoms with E-state index in [9.17, 15) is 0 Å². The van der Waals surface area contributed by atoms with Crippen molar-refractivity contribution in [2.24, 2.45) is 0 Å². The van der Waals surface area contributed by atoms with Crippen LogP contribution >= 0.6 is 31.9 Å². The molecule has 6 heteroatoms. The van der Waals surface area contributed by atoms with Gasteiger partial charge in [-0.1, -0.05) is 24.3 Å². The van der Waals surface area contributed by atoms with Gasteiger partial charge in [0.2, 0.25) is 0 Å². The van der Waals surface area contributed by atoms with Crippen molar-refractivity contribution >= 4 is 31.9 Å². The molecular formula is C19H16Br2N2O2. The normalized spacial score (nSPS) is 11.4. The molecule has 0 saturated heterocycles. The minimum Gasteiger partial charge on any atom is -0.497 e. The molecule has 3 aromatic rings. The van der Waals surface area contributed by atoms with E-state index in [0.29, 0.717) is 0 Å². The molecule has 0 fully saturated rings. The first-order valence-corrected chi connectivity index (χ1v) is 9.14. The summed E-state index contributed by atoms with van der Waals surface area (Å²) in [4.78, 5) is 9.29. The Morgan fingerprint density at radius 1 is 0.760 bits per heavy atom. The van der Waals surface area contributed by atoms with Crippen LogP contribution in [0.2, 0.25) is 0 Å². The monoisotopic (exact) mass is 462 g/mol. The van der Waals surface area contributed by atoms with Crippen molar-refractivity contribution in [1.29, 1.82) is 0 Å². The molecule has 0 N–H and O–H groups in total. The molecule has 3 rings (SSSR count). The lowest BCUT2D eigenvalue weighted by atomic mass is 9.86. The summed E-state index contributed by atoms with van der Waals surface area (Å²) in [7, 11) is 3.31. The van der Waals surface area contributed by atoms with Crippen LogP contribution in [0.25, 0.3) is 0 Å². The molecular weight excluding hydrogens is 448 g/mol. The molecule has 2 aromatic heterocycles. The number of benzene rings is 1. The molecule has 0 aliphatic heterocycles. The van der Waals surface area contributed by atoms with Gasteiger partial charge < -0.3 is 9.47 Å². The fourth-order valence-electron chi connectivity index (χ4n) is 2.79. The van der Waals surface area contributed by atoms with Gasteiger partial charge in [-0.05, 0) is 73.8 Å². The van der Waals surface area contributed by atoms with Gasteiger partial charge in [-0.2, -0.15) is 0 Å². The van der Waals surface area contributed by atoms with Crippen molar-refractivity contribution in [3.05, 3.63) is 86.8 Å². The summed E-state index contributed by atoms with van der Waals surface area (Å²) in [5.41, 5.74) is 1.44. The third-order valence-electron chi connectivity index (χ3n) is 3.95. The third kappa shape index (κ3) is 3.47. The van der Waals surface area contributed by atoms with Gasteiger partial charge >= 0.3 is 0 Å². The zero-order valence-electron chi connectivity index (χ0n) is 13.7. The number of aromatic nitrogens is 2. The summed E-state index contributed by atoms with van der Waals surface area (Å²) >= 11 is 6.90. The summed E-state index contributed by atoms with van der Waals surface area (Å²) in [5, 5.41) is 0. The molecule has 25 heavy (non-hydrogen) atoms. The number of pyridine rings is 2. The molecule has 0 aliphatic rings. The zero-order chi connectivity index (χ0) is 17.9. The molecule has 0 atom stereocenters. The molecule has 4 nitrogen and oxygen atoms in total. The van der Waals surface area contributed by atoms with E-state index < -0.39 is 5.60 Å². The lowest BCUT2D eigenvalue weighted by molar-refractivity contribution is 0.0508. The quantitative estimate of drug-likeness (QED) is 0.502. The molecule has 1 aromatic carbocycles. The van der Waals surface area contributed by atoms with Crippen LogP contribution in [0, 0.1) is 0 Å². The van der Waals surface area contributed by atoms with E-state index in [1.807, 2.05) is 60.7 Å². The SMILES string of the molecule is COc1ccc(C(OC)(c2cccc(Br)n2)c2cccc(Br)n2)cc1. The average Bonchev–Trinajstić information content (AvgIpc) is 2.64. The second-order valence-corrected chi connectivity index (χ2v) is 6.93.